The van der Waals surface area contributed by atoms with Crippen LogP contribution in [0, 0.1) is 19.8 Å². The Morgan fingerprint density at radius 3 is 2.32 bits per heavy atom. The van der Waals surface area contributed by atoms with Crippen molar-refractivity contribution in [2.45, 2.75) is 33.6 Å². The van der Waals surface area contributed by atoms with Gasteiger partial charge < -0.3 is 16.2 Å². The zero-order valence-electron chi connectivity index (χ0n) is 12.3. The van der Waals surface area contributed by atoms with E-state index in [0.717, 1.165) is 27.5 Å². The molecule has 1 aromatic rings. The minimum Gasteiger partial charge on any atom is -0.493 e. The van der Waals surface area contributed by atoms with Crippen LogP contribution in [0.4, 0.5) is 0 Å². The summed E-state index contributed by atoms with van der Waals surface area (Å²) in [4.78, 5) is 0. The monoisotopic (exact) mass is 284 g/mol. The second-order valence-corrected chi connectivity index (χ2v) is 5.40. The summed E-state index contributed by atoms with van der Waals surface area (Å²) in [6.07, 6.45) is 0. The molecule has 0 radical (unpaired) electrons. The molecule has 0 heterocycles. The van der Waals surface area contributed by atoms with Crippen LogP contribution in [0.5, 0.6) is 5.75 Å². The third kappa shape index (κ3) is 3.41. The molecule has 0 aliphatic rings. The first-order valence-corrected chi connectivity index (χ1v) is 7.18. The first kappa shape index (κ1) is 16.3. The van der Waals surface area contributed by atoms with Crippen molar-refractivity contribution >= 4 is 11.6 Å². The topological polar surface area (TPSA) is 61.3 Å². The average molecular weight is 285 g/mol. The summed E-state index contributed by atoms with van der Waals surface area (Å²) >= 11 is 6.31. The quantitative estimate of drug-likeness (QED) is 0.844. The van der Waals surface area contributed by atoms with Gasteiger partial charge >= 0.3 is 0 Å². The molecule has 1 rings (SSSR count). The summed E-state index contributed by atoms with van der Waals surface area (Å²) in [6, 6.07) is 1.96. The van der Waals surface area contributed by atoms with E-state index in [1.165, 1.54) is 0 Å². The van der Waals surface area contributed by atoms with Gasteiger partial charge in [0.2, 0.25) is 0 Å². The van der Waals surface area contributed by atoms with E-state index < -0.39 is 0 Å². The molecule has 4 N–H and O–H groups in total. The number of rotatable bonds is 6. The Hall–Kier alpha value is -0.770. The van der Waals surface area contributed by atoms with Gasteiger partial charge in [0.25, 0.3) is 0 Å². The SMILES string of the molecule is CCOc1c(C)cc(Cl)c(C)c1C(C)C(CN)CN. The van der Waals surface area contributed by atoms with Crippen molar-refractivity contribution in [3.63, 3.8) is 0 Å². The number of halogens is 1. The van der Waals surface area contributed by atoms with Gasteiger partial charge in [-0.1, -0.05) is 18.5 Å². The Balaban J connectivity index is 3.37. The maximum atomic E-state index is 6.31. The molecule has 19 heavy (non-hydrogen) atoms. The predicted molar refractivity (Wildman–Crippen MR) is 82.1 cm³/mol. The van der Waals surface area contributed by atoms with E-state index in [-0.39, 0.29) is 11.8 Å². The zero-order chi connectivity index (χ0) is 14.6. The molecule has 1 atom stereocenters. The molecule has 1 unspecified atom stereocenters. The fraction of sp³-hybridized carbons (Fsp3) is 0.600. The summed E-state index contributed by atoms with van der Waals surface area (Å²) in [5.74, 6) is 1.40. The lowest BCUT2D eigenvalue weighted by molar-refractivity contribution is 0.326. The lowest BCUT2D eigenvalue weighted by Gasteiger charge is -2.27. The van der Waals surface area contributed by atoms with E-state index in [0.29, 0.717) is 19.7 Å². The van der Waals surface area contributed by atoms with Crippen molar-refractivity contribution in [2.75, 3.05) is 19.7 Å². The third-order valence-corrected chi connectivity index (χ3v) is 4.16. The van der Waals surface area contributed by atoms with Crippen molar-refractivity contribution in [3.05, 3.63) is 27.8 Å². The highest BCUT2D eigenvalue weighted by atomic mass is 35.5. The van der Waals surface area contributed by atoms with Crippen molar-refractivity contribution in [2.24, 2.45) is 17.4 Å². The number of benzene rings is 1. The Morgan fingerprint density at radius 2 is 1.84 bits per heavy atom. The highest BCUT2D eigenvalue weighted by Crippen LogP contribution is 2.39. The van der Waals surface area contributed by atoms with Crippen LogP contribution in [0.3, 0.4) is 0 Å². The van der Waals surface area contributed by atoms with Crippen LogP contribution < -0.4 is 16.2 Å². The number of aryl methyl sites for hydroxylation is 1. The summed E-state index contributed by atoms with van der Waals surface area (Å²) in [7, 11) is 0. The Bertz CT molecular complexity index is 431. The van der Waals surface area contributed by atoms with Crippen LogP contribution in [0.25, 0.3) is 0 Å². The van der Waals surface area contributed by atoms with E-state index >= 15 is 0 Å². The van der Waals surface area contributed by atoms with Gasteiger partial charge in [-0.25, -0.2) is 0 Å². The smallest absolute Gasteiger partial charge is 0.126 e. The lowest BCUT2D eigenvalue weighted by atomic mass is 9.83. The molecule has 3 nitrogen and oxygen atoms in total. The maximum Gasteiger partial charge on any atom is 0.126 e. The molecular formula is C15H25ClN2O. The Labute approximate surface area is 121 Å². The summed E-state index contributed by atoms with van der Waals surface area (Å²) < 4.78 is 5.82. The molecule has 0 spiro atoms. The maximum absolute atomic E-state index is 6.31. The van der Waals surface area contributed by atoms with Crippen molar-refractivity contribution in [3.8, 4) is 5.75 Å². The van der Waals surface area contributed by atoms with Crippen LogP contribution in [0.2, 0.25) is 5.02 Å². The highest BCUT2D eigenvalue weighted by Gasteiger charge is 2.24. The minimum atomic E-state index is 0.231. The predicted octanol–water partition coefficient (Wildman–Crippen LogP) is 2.99. The third-order valence-electron chi connectivity index (χ3n) is 3.76. The fourth-order valence-corrected chi connectivity index (χ4v) is 2.77. The van der Waals surface area contributed by atoms with E-state index in [9.17, 15) is 0 Å². The molecule has 0 aliphatic carbocycles. The molecule has 0 aliphatic heterocycles. The van der Waals surface area contributed by atoms with Gasteiger partial charge in [-0.05, 0) is 62.9 Å². The number of nitrogens with two attached hydrogens (primary N) is 2. The van der Waals surface area contributed by atoms with E-state index in [2.05, 4.69) is 6.92 Å². The van der Waals surface area contributed by atoms with E-state index in [4.69, 9.17) is 27.8 Å². The fourth-order valence-electron chi connectivity index (χ4n) is 2.50. The van der Waals surface area contributed by atoms with E-state index in [1.54, 1.807) is 0 Å². The second-order valence-electron chi connectivity index (χ2n) is 5.00. The molecule has 1 aromatic carbocycles. The summed E-state index contributed by atoms with van der Waals surface area (Å²) in [5.41, 5.74) is 14.9. The van der Waals surface area contributed by atoms with E-state index in [1.807, 2.05) is 26.8 Å². The van der Waals surface area contributed by atoms with Crippen LogP contribution in [-0.4, -0.2) is 19.7 Å². The van der Waals surface area contributed by atoms with Crippen LogP contribution in [0.1, 0.15) is 36.5 Å². The Morgan fingerprint density at radius 1 is 1.26 bits per heavy atom. The van der Waals surface area contributed by atoms with Crippen LogP contribution in [0.15, 0.2) is 6.07 Å². The number of hydrogen-bond donors (Lipinski definition) is 2. The molecule has 0 saturated carbocycles. The number of hydrogen-bond acceptors (Lipinski definition) is 3. The molecule has 4 heteroatoms. The average Bonchev–Trinajstić information content (AvgIpc) is 2.37. The lowest BCUT2D eigenvalue weighted by Crippen LogP contribution is -2.28. The number of ether oxygens (including phenoxy) is 1. The van der Waals surface area contributed by atoms with Gasteiger partial charge in [0.05, 0.1) is 6.61 Å². The van der Waals surface area contributed by atoms with Crippen LogP contribution >= 0.6 is 11.6 Å². The molecule has 0 aromatic heterocycles. The van der Waals surface area contributed by atoms with Crippen molar-refractivity contribution < 1.29 is 4.74 Å². The van der Waals surface area contributed by atoms with Gasteiger partial charge in [-0.3, -0.25) is 0 Å². The normalized spacial score (nSPS) is 12.8. The van der Waals surface area contributed by atoms with Gasteiger partial charge in [0.1, 0.15) is 5.75 Å². The van der Waals surface area contributed by atoms with Gasteiger partial charge in [-0.2, -0.15) is 0 Å². The highest BCUT2D eigenvalue weighted by molar-refractivity contribution is 6.31. The zero-order valence-corrected chi connectivity index (χ0v) is 13.1. The molecule has 0 amide bonds. The van der Waals surface area contributed by atoms with Gasteiger partial charge in [0, 0.05) is 10.6 Å². The Kier molecular flexibility index (Phi) is 6.11. The minimum absolute atomic E-state index is 0.231. The standard InChI is InChI=1S/C15H25ClN2O/c1-5-19-15-9(2)6-13(16)11(4)14(15)10(3)12(7-17)8-18/h6,10,12H,5,7-8,17-18H2,1-4H3. The largest absolute Gasteiger partial charge is 0.493 e. The van der Waals surface area contributed by atoms with Gasteiger partial charge in [-0.15, -0.1) is 0 Å². The van der Waals surface area contributed by atoms with Crippen LogP contribution in [-0.2, 0) is 0 Å². The first-order valence-electron chi connectivity index (χ1n) is 6.80. The molecule has 0 bridgehead atoms. The molecule has 0 saturated heterocycles. The molecule has 108 valence electrons. The first-order chi connectivity index (χ1) is 8.97. The molecule has 0 fully saturated rings. The summed E-state index contributed by atoms with van der Waals surface area (Å²) in [6.45, 7) is 9.94. The molecular weight excluding hydrogens is 260 g/mol. The second kappa shape index (κ2) is 7.13. The van der Waals surface area contributed by atoms with Crippen molar-refractivity contribution in [1.82, 2.24) is 0 Å². The van der Waals surface area contributed by atoms with Gasteiger partial charge in [0.15, 0.2) is 0 Å². The van der Waals surface area contributed by atoms with Crippen molar-refractivity contribution in [1.29, 1.82) is 0 Å². The summed E-state index contributed by atoms with van der Waals surface area (Å²) in [5, 5.41) is 0.774.